The molecule has 0 amide bonds. The van der Waals surface area contributed by atoms with Crippen molar-refractivity contribution < 1.29 is 47.6 Å². The van der Waals surface area contributed by atoms with Crippen molar-refractivity contribution in [3.8, 4) is 0 Å². The van der Waals surface area contributed by atoms with E-state index in [4.69, 9.17) is 5.11 Å². The van der Waals surface area contributed by atoms with Gasteiger partial charge in [-0.1, -0.05) is 38.5 Å². The first-order chi connectivity index (χ1) is 7.48. The number of rotatable bonds is 10. The number of hydrogen-bond donors (Lipinski definition) is 1. The van der Waals surface area contributed by atoms with Gasteiger partial charge < -0.3 is 9.66 Å². The third kappa shape index (κ3) is 13.1. The van der Waals surface area contributed by atoms with Crippen LogP contribution in [0.1, 0.15) is 58.3 Å². The van der Waals surface area contributed by atoms with Crippen LogP contribution in [0.15, 0.2) is 0 Å². The molecule has 1 N–H and O–H groups in total. The Morgan fingerprint density at radius 1 is 1.00 bits per heavy atom. The standard InChI is InChI=1S/C11H24O4S.Na/c1-11(16(13,14)15)9-7-5-3-2-4-6-8-10-12;/h11-12H,2-10H2,1H3,(H,13,14,15);/q;+1/p-1. The van der Waals surface area contributed by atoms with Crippen LogP contribution in [0.3, 0.4) is 0 Å². The summed E-state index contributed by atoms with van der Waals surface area (Å²) in [7, 11) is -4.09. The van der Waals surface area contributed by atoms with Crippen LogP contribution in [0.25, 0.3) is 0 Å². The predicted molar refractivity (Wildman–Crippen MR) is 63.2 cm³/mol. The average Bonchev–Trinajstić information content (AvgIpc) is 2.20. The minimum atomic E-state index is -4.09. The van der Waals surface area contributed by atoms with Gasteiger partial charge in [0.05, 0.1) is 10.1 Å². The van der Waals surface area contributed by atoms with E-state index in [9.17, 15) is 13.0 Å². The molecule has 4 nitrogen and oxygen atoms in total. The minimum Gasteiger partial charge on any atom is -0.748 e. The molecule has 0 aromatic heterocycles. The fourth-order valence-corrected chi connectivity index (χ4v) is 2.03. The molecule has 0 fully saturated rings. The molecule has 0 saturated heterocycles. The van der Waals surface area contributed by atoms with Gasteiger partial charge >= 0.3 is 29.6 Å². The largest absolute Gasteiger partial charge is 1.00 e. The first-order valence-electron chi connectivity index (χ1n) is 6.04. The van der Waals surface area contributed by atoms with Crippen LogP contribution < -0.4 is 29.6 Å². The van der Waals surface area contributed by atoms with E-state index < -0.39 is 15.4 Å². The molecule has 1 atom stereocenters. The van der Waals surface area contributed by atoms with E-state index in [1.165, 1.54) is 6.92 Å². The van der Waals surface area contributed by atoms with Gasteiger partial charge in [0, 0.05) is 11.9 Å². The number of aliphatic hydroxyl groups excluding tert-OH is 1. The molecule has 0 aliphatic carbocycles. The van der Waals surface area contributed by atoms with Crippen LogP contribution in [0.4, 0.5) is 0 Å². The third-order valence-corrected chi connectivity index (χ3v) is 3.98. The van der Waals surface area contributed by atoms with Gasteiger partial charge in [-0.25, -0.2) is 8.42 Å². The van der Waals surface area contributed by atoms with E-state index in [1.54, 1.807) is 0 Å². The Labute approximate surface area is 127 Å². The molecule has 0 aliphatic heterocycles. The molecule has 98 valence electrons. The topological polar surface area (TPSA) is 77.4 Å². The monoisotopic (exact) mass is 274 g/mol. The maximum Gasteiger partial charge on any atom is 1.00 e. The SMILES string of the molecule is CC(CCCCCCCCCO)S(=O)(=O)[O-].[Na+]. The Morgan fingerprint density at radius 3 is 1.82 bits per heavy atom. The summed E-state index contributed by atoms with van der Waals surface area (Å²) >= 11 is 0. The van der Waals surface area contributed by atoms with Crippen molar-refractivity contribution in [3.63, 3.8) is 0 Å². The molecule has 0 saturated carbocycles. The Kier molecular flexibility index (Phi) is 14.2. The second-order valence-corrected chi connectivity index (χ2v) is 6.08. The molecular weight excluding hydrogens is 251 g/mol. The zero-order chi connectivity index (χ0) is 12.4. The van der Waals surface area contributed by atoms with Gasteiger partial charge in [0.2, 0.25) is 0 Å². The van der Waals surface area contributed by atoms with Crippen LogP contribution in [-0.2, 0) is 10.1 Å². The summed E-state index contributed by atoms with van der Waals surface area (Å²) in [6.07, 6.45) is 7.52. The zero-order valence-electron chi connectivity index (χ0n) is 11.0. The van der Waals surface area contributed by atoms with E-state index in [1.807, 2.05) is 0 Å². The fourth-order valence-electron chi connectivity index (χ4n) is 1.57. The average molecular weight is 274 g/mol. The summed E-state index contributed by atoms with van der Waals surface area (Å²) in [4.78, 5) is 0. The first-order valence-corrected chi connectivity index (χ1v) is 7.51. The first kappa shape index (κ1) is 20.2. The molecule has 0 spiro atoms. The normalized spacial score (nSPS) is 13.1. The molecule has 17 heavy (non-hydrogen) atoms. The smallest absolute Gasteiger partial charge is 0.748 e. The van der Waals surface area contributed by atoms with E-state index in [0.717, 1.165) is 44.9 Å². The van der Waals surface area contributed by atoms with Gasteiger partial charge in [0.25, 0.3) is 0 Å². The summed E-state index contributed by atoms with van der Waals surface area (Å²) in [5, 5.41) is 7.81. The van der Waals surface area contributed by atoms with Gasteiger partial charge in [0.1, 0.15) is 0 Å². The maximum atomic E-state index is 10.6. The van der Waals surface area contributed by atoms with Gasteiger partial charge in [-0.2, -0.15) is 0 Å². The number of hydrogen-bond acceptors (Lipinski definition) is 4. The molecule has 0 bridgehead atoms. The van der Waals surface area contributed by atoms with Crippen LogP contribution >= 0.6 is 0 Å². The fraction of sp³-hybridized carbons (Fsp3) is 1.00. The summed E-state index contributed by atoms with van der Waals surface area (Å²) < 4.78 is 31.8. The molecule has 0 aromatic carbocycles. The van der Waals surface area contributed by atoms with Crippen LogP contribution in [-0.4, -0.2) is 29.9 Å². The van der Waals surface area contributed by atoms with Crippen LogP contribution in [0.5, 0.6) is 0 Å². The molecule has 0 aliphatic rings. The molecule has 1 unspecified atom stereocenters. The molecular formula is C11H23NaO4S. The summed E-state index contributed by atoms with van der Waals surface area (Å²) in [5.41, 5.74) is 0. The van der Waals surface area contributed by atoms with Crippen molar-refractivity contribution >= 4 is 10.1 Å². The Balaban J connectivity index is 0. The van der Waals surface area contributed by atoms with E-state index >= 15 is 0 Å². The van der Waals surface area contributed by atoms with Gasteiger partial charge in [-0.15, -0.1) is 0 Å². The van der Waals surface area contributed by atoms with E-state index in [-0.39, 0.29) is 36.2 Å². The summed E-state index contributed by atoms with van der Waals surface area (Å²) in [6, 6.07) is 0. The van der Waals surface area contributed by atoms with Crippen molar-refractivity contribution in [3.05, 3.63) is 0 Å². The van der Waals surface area contributed by atoms with Crippen molar-refractivity contribution in [2.24, 2.45) is 0 Å². The Morgan fingerprint density at radius 2 is 1.41 bits per heavy atom. The summed E-state index contributed by atoms with van der Waals surface area (Å²) in [5.74, 6) is 0. The maximum absolute atomic E-state index is 10.6. The molecule has 6 heteroatoms. The van der Waals surface area contributed by atoms with Crippen LogP contribution in [0, 0.1) is 0 Å². The minimum absolute atomic E-state index is 0. The van der Waals surface area contributed by atoms with Crippen molar-refractivity contribution in [2.45, 2.75) is 63.5 Å². The zero-order valence-corrected chi connectivity index (χ0v) is 13.8. The van der Waals surface area contributed by atoms with E-state index in [0.29, 0.717) is 6.42 Å². The van der Waals surface area contributed by atoms with Gasteiger partial charge in [0.15, 0.2) is 0 Å². The molecule has 0 rings (SSSR count). The predicted octanol–water partition coefficient (Wildman–Crippen LogP) is -0.963. The van der Waals surface area contributed by atoms with Crippen molar-refractivity contribution in [1.29, 1.82) is 0 Å². The summed E-state index contributed by atoms with van der Waals surface area (Å²) in [6.45, 7) is 1.74. The van der Waals surface area contributed by atoms with Crippen LogP contribution in [0.2, 0.25) is 0 Å². The second-order valence-electron chi connectivity index (χ2n) is 4.29. The third-order valence-electron chi connectivity index (χ3n) is 2.76. The Bertz CT molecular complexity index is 254. The quantitative estimate of drug-likeness (QED) is 0.316. The molecule has 0 aromatic rings. The van der Waals surface area contributed by atoms with E-state index in [2.05, 4.69) is 0 Å². The van der Waals surface area contributed by atoms with Crippen molar-refractivity contribution in [2.75, 3.05) is 6.61 Å². The second kappa shape index (κ2) is 11.9. The molecule has 0 radical (unpaired) electrons. The van der Waals surface area contributed by atoms with Crippen molar-refractivity contribution in [1.82, 2.24) is 0 Å². The van der Waals surface area contributed by atoms with Gasteiger partial charge in [-0.3, -0.25) is 0 Å². The van der Waals surface area contributed by atoms with Gasteiger partial charge in [-0.05, 0) is 19.8 Å². The number of unbranched alkanes of at least 4 members (excludes halogenated alkanes) is 6. The molecule has 0 heterocycles. The number of aliphatic hydroxyl groups is 1. The Hall–Kier alpha value is 0.870.